The first-order valence-corrected chi connectivity index (χ1v) is 5.76. The first-order chi connectivity index (χ1) is 8.35. The SMILES string of the molecule is COc1ccc(C(NN)C2=COCCC2)cc1. The van der Waals surface area contributed by atoms with Gasteiger partial charge in [-0.3, -0.25) is 5.84 Å². The van der Waals surface area contributed by atoms with Crippen molar-refractivity contribution in [2.45, 2.75) is 18.9 Å². The molecule has 1 aromatic carbocycles. The third-order valence-corrected chi connectivity index (χ3v) is 2.95. The molecule has 1 aliphatic rings. The minimum atomic E-state index is 0.0150. The number of ether oxygens (including phenoxy) is 2. The Morgan fingerprint density at radius 1 is 1.35 bits per heavy atom. The number of hydrogen-bond donors (Lipinski definition) is 2. The molecule has 0 fully saturated rings. The van der Waals surface area contributed by atoms with Gasteiger partial charge in [0.15, 0.2) is 0 Å². The summed E-state index contributed by atoms with van der Waals surface area (Å²) in [5, 5.41) is 0. The highest BCUT2D eigenvalue weighted by Crippen LogP contribution is 2.28. The number of benzene rings is 1. The summed E-state index contributed by atoms with van der Waals surface area (Å²) in [6.07, 6.45) is 3.87. The van der Waals surface area contributed by atoms with Gasteiger partial charge in [0.2, 0.25) is 0 Å². The summed E-state index contributed by atoms with van der Waals surface area (Å²) in [4.78, 5) is 0. The molecule has 0 bridgehead atoms. The first kappa shape index (κ1) is 12.0. The average molecular weight is 234 g/mol. The van der Waals surface area contributed by atoms with Gasteiger partial charge in [0.1, 0.15) is 5.75 Å². The molecule has 0 spiro atoms. The molecule has 0 radical (unpaired) electrons. The molecule has 1 aromatic rings. The average Bonchev–Trinajstić information content (AvgIpc) is 2.42. The largest absolute Gasteiger partial charge is 0.501 e. The normalized spacial score (nSPS) is 16.9. The van der Waals surface area contributed by atoms with Crippen LogP contribution in [0.3, 0.4) is 0 Å². The maximum Gasteiger partial charge on any atom is 0.118 e. The van der Waals surface area contributed by atoms with E-state index in [1.54, 1.807) is 7.11 Å². The molecule has 1 atom stereocenters. The van der Waals surface area contributed by atoms with Crippen LogP contribution in [0.4, 0.5) is 0 Å². The molecule has 0 saturated carbocycles. The lowest BCUT2D eigenvalue weighted by molar-refractivity contribution is 0.219. The Kier molecular flexibility index (Phi) is 4.01. The molecule has 0 aromatic heterocycles. The number of methoxy groups -OCH3 is 1. The molecule has 4 nitrogen and oxygen atoms in total. The van der Waals surface area contributed by atoms with Gasteiger partial charge in [-0.15, -0.1) is 0 Å². The highest BCUT2D eigenvalue weighted by atomic mass is 16.5. The van der Waals surface area contributed by atoms with Crippen molar-refractivity contribution in [3.05, 3.63) is 41.7 Å². The van der Waals surface area contributed by atoms with Gasteiger partial charge < -0.3 is 9.47 Å². The third-order valence-electron chi connectivity index (χ3n) is 2.95. The monoisotopic (exact) mass is 234 g/mol. The standard InChI is InChI=1S/C13H18N2O2/c1-16-12-6-4-10(5-7-12)13(15-14)11-3-2-8-17-9-11/h4-7,9,13,15H,2-3,8,14H2,1H3. The highest BCUT2D eigenvalue weighted by Gasteiger charge is 2.17. The first-order valence-electron chi connectivity index (χ1n) is 5.76. The fourth-order valence-electron chi connectivity index (χ4n) is 2.01. The fraction of sp³-hybridized carbons (Fsp3) is 0.385. The van der Waals surface area contributed by atoms with E-state index in [1.165, 1.54) is 5.57 Å². The van der Waals surface area contributed by atoms with Crippen LogP contribution in [0.5, 0.6) is 5.75 Å². The van der Waals surface area contributed by atoms with Gasteiger partial charge in [-0.2, -0.15) is 0 Å². The van der Waals surface area contributed by atoms with Crippen molar-refractivity contribution < 1.29 is 9.47 Å². The van der Waals surface area contributed by atoms with Crippen LogP contribution in [-0.4, -0.2) is 13.7 Å². The van der Waals surface area contributed by atoms with Crippen molar-refractivity contribution in [2.24, 2.45) is 5.84 Å². The number of rotatable bonds is 4. The Morgan fingerprint density at radius 2 is 2.12 bits per heavy atom. The van der Waals surface area contributed by atoms with Crippen LogP contribution in [0, 0.1) is 0 Å². The van der Waals surface area contributed by atoms with Gasteiger partial charge in [-0.05, 0) is 36.1 Å². The smallest absolute Gasteiger partial charge is 0.118 e. The molecule has 92 valence electrons. The number of hydrazine groups is 1. The Morgan fingerprint density at radius 3 is 2.65 bits per heavy atom. The quantitative estimate of drug-likeness (QED) is 0.617. The summed E-state index contributed by atoms with van der Waals surface area (Å²) < 4.78 is 10.5. The van der Waals surface area contributed by atoms with Crippen LogP contribution in [0.25, 0.3) is 0 Å². The van der Waals surface area contributed by atoms with Crippen LogP contribution >= 0.6 is 0 Å². The number of nitrogens with one attached hydrogen (secondary N) is 1. The van der Waals surface area contributed by atoms with Crippen molar-refractivity contribution in [3.63, 3.8) is 0 Å². The van der Waals surface area contributed by atoms with Crippen molar-refractivity contribution >= 4 is 0 Å². The Labute approximate surface area is 101 Å². The summed E-state index contributed by atoms with van der Waals surface area (Å²) in [5.74, 6) is 6.47. The molecular weight excluding hydrogens is 216 g/mol. The van der Waals surface area contributed by atoms with E-state index in [-0.39, 0.29) is 6.04 Å². The van der Waals surface area contributed by atoms with Crippen LogP contribution in [-0.2, 0) is 4.74 Å². The predicted molar refractivity (Wildman–Crippen MR) is 66.3 cm³/mol. The van der Waals surface area contributed by atoms with Crippen LogP contribution < -0.4 is 16.0 Å². The second-order valence-electron chi connectivity index (χ2n) is 4.04. The summed E-state index contributed by atoms with van der Waals surface area (Å²) >= 11 is 0. The maximum atomic E-state index is 5.63. The van der Waals surface area contributed by atoms with Crippen molar-refractivity contribution in [3.8, 4) is 5.75 Å². The molecule has 4 heteroatoms. The molecular formula is C13H18N2O2. The molecule has 17 heavy (non-hydrogen) atoms. The van der Waals surface area contributed by atoms with E-state index in [0.717, 1.165) is 30.8 Å². The zero-order valence-electron chi connectivity index (χ0n) is 9.98. The molecule has 0 aliphatic carbocycles. The Balaban J connectivity index is 2.18. The molecule has 0 saturated heterocycles. The topological polar surface area (TPSA) is 56.5 Å². The fourth-order valence-corrected chi connectivity index (χ4v) is 2.01. The minimum Gasteiger partial charge on any atom is -0.501 e. The van der Waals surface area contributed by atoms with E-state index in [1.807, 2.05) is 30.5 Å². The molecule has 1 aliphatic heterocycles. The molecule has 0 amide bonds. The summed E-state index contributed by atoms with van der Waals surface area (Å²) in [7, 11) is 1.66. The van der Waals surface area contributed by atoms with E-state index < -0.39 is 0 Å². The maximum absolute atomic E-state index is 5.63. The lowest BCUT2D eigenvalue weighted by Crippen LogP contribution is -2.30. The van der Waals surface area contributed by atoms with E-state index >= 15 is 0 Å². The summed E-state index contributed by atoms with van der Waals surface area (Å²) in [6.45, 7) is 0.795. The number of hydrogen-bond acceptors (Lipinski definition) is 4. The van der Waals surface area contributed by atoms with E-state index in [9.17, 15) is 0 Å². The lowest BCUT2D eigenvalue weighted by atomic mass is 9.96. The molecule has 1 unspecified atom stereocenters. The second kappa shape index (κ2) is 5.70. The van der Waals surface area contributed by atoms with Crippen LogP contribution in [0.15, 0.2) is 36.1 Å². The van der Waals surface area contributed by atoms with Crippen molar-refractivity contribution in [1.82, 2.24) is 5.43 Å². The Bertz CT molecular complexity index is 387. The van der Waals surface area contributed by atoms with Crippen molar-refractivity contribution in [1.29, 1.82) is 0 Å². The van der Waals surface area contributed by atoms with E-state index in [4.69, 9.17) is 15.3 Å². The third kappa shape index (κ3) is 2.78. The summed E-state index contributed by atoms with van der Waals surface area (Å²) in [5.41, 5.74) is 5.14. The van der Waals surface area contributed by atoms with Gasteiger partial charge in [0.05, 0.1) is 26.0 Å². The highest BCUT2D eigenvalue weighted by molar-refractivity contribution is 5.33. The lowest BCUT2D eigenvalue weighted by Gasteiger charge is -2.23. The minimum absolute atomic E-state index is 0.0150. The van der Waals surface area contributed by atoms with Gasteiger partial charge in [-0.25, -0.2) is 5.43 Å². The zero-order valence-corrected chi connectivity index (χ0v) is 9.98. The second-order valence-corrected chi connectivity index (χ2v) is 4.04. The summed E-state index contributed by atoms with van der Waals surface area (Å²) in [6, 6.07) is 7.91. The molecule has 3 N–H and O–H groups in total. The Hall–Kier alpha value is -1.52. The van der Waals surface area contributed by atoms with Crippen LogP contribution in [0.2, 0.25) is 0 Å². The predicted octanol–water partition coefficient (Wildman–Crippen LogP) is 1.89. The van der Waals surface area contributed by atoms with Gasteiger partial charge in [0, 0.05) is 0 Å². The number of nitrogens with two attached hydrogens (primary N) is 1. The van der Waals surface area contributed by atoms with E-state index in [2.05, 4.69) is 5.43 Å². The van der Waals surface area contributed by atoms with Gasteiger partial charge in [0.25, 0.3) is 0 Å². The molecule has 1 heterocycles. The zero-order chi connectivity index (χ0) is 12.1. The molecule has 2 rings (SSSR count). The van der Waals surface area contributed by atoms with Crippen LogP contribution in [0.1, 0.15) is 24.4 Å². The van der Waals surface area contributed by atoms with E-state index in [0.29, 0.717) is 0 Å². The van der Waals surface area contributed by atoms with Gasteiger partial charge in [-0.1, -0.05) is 12.1 Å². The van der Waals surface area contributed by atoms with Crippen molar-refractivity contribution in [2.75, 3.05) is 13.7 Å². The van der Waals surface area contributed by atoms with Gasteiger partial charge >= 0.3 is 0 Å².